The lowest BCUT2D eigenvalue weighted by Crippen LogP contribution is -2.31. The van der Waals surface area contributed by atoms with Gasteiger partial charge in [0.15, 0.2) is 0 Å². The number of benzene rings is 3. The smallest absolute Gasteiger partial charge is 0.295 e. The fourth-order valence-corrected chi connectivity index (χ4v) is 3.85. The van der Waals surface area contributed by atoms with Crippen molar-refractivity contribution in [1.29, 1.82) is 0 Å². The normalized spacial score (nSPS) is 18.0. The minimum Gasteiger partial charge on any atom is -0.507 e. The third kappa shape index (κ3) is 3.77. The molecule has 0 saturated carbocycles. The van der Waals surface area contributed by atoms with Crippen molar-refractivity contribution in [1.82, 2.24) is 4.90 Å². The Morgan fingerprint density at radius 1 is 0.867 bits per heavy atom. The highest BCUT2D eigenvalue weighted by Gasteiger charge is 2.45. The lowest BCUT2D eigenvalue weighted by Gasteiger charge is -2.25. The van der Waals surface area contributed by atoms with E-state index in [-0.39, 0.29) is 11.3 Å². The van der Waals surface area contributed by atoms with Crippen LogP contribution in [0.15, 0.2) is 90.5 Å². The number of aliphatic hydroxyl groups excluding tert-OH is 1. The van der Waals surface area contributed by atoms with E-state index in [2.05, 4.69) is 0 Å². The zero-order valence-electron chi connectivity index (χ0n) is 16.8. The Labute approximate surface area is 176 Å². The number of carbonyl (C=O) groups excluding carboxylic acids is 2. The van der Waals surface area contributed by atoms with E-state index in [9.17, 15) is 14.7 Å². The van der Waals surface area contributed by atoms with Gasteiger partial charge in [0.1, 0.15) is 5.76 Å². The van der Waals surface area contributed by atoms with E-state index in [0.717, 1.165) is 16.7 Å². The zero-order chi connectivity index (χ0) is 21.1. The second-order valence-electron chi connectivity index (χ2n) is 7.50. The van der Waals surface area contributed by atoms with E-state index in [1.165, 1.54) is 0 Å². The number of hydrogen-bond acceptors (Lipinski definition) is 3. The number of nitrogens with zero attached hydrogens (tertiary/aromatic N) is 1. The van der Waals surface area contributed by atoms with Crippen LogP contribution in [0.5, 0.6) is 0 Å². The van der Waals surface area contributed by atoms with Crippen LogP contribution in [0.2, 0.25) is 0 Å². The number of carbonyl (C=O) groups is 2. The molecule has 1 N–H and O–H groups in total. The van der Waals surface area contributed by atoms with E-state index in [4.69, 9.17) is 0 Å². The van der Waals surface area contributed by atoms with Gasteiger partial charge in [0.05, 0.1) is 11.6 Å². The van der Waals surface area contributed by atoms with Crippen LogP contribution in [-0.2, 0) is 16.0 Å². The van der Waals surface area contributed by atoms with Crippen LogP contribution in [0.25, 0.3) is 5.76 Å². The topological polar surface area (TPSA) is 57.6 Å². The van der Waals surface area contributed by atoms with Crippen LogP contribution >= 0.6 is 0 Å². The van der Waals surface area contributed by atoms with Gasteiger partial charge in [-0.1, -0.05) is 90.5 Å². The summed E-state index contributed by atoms with van der Waals surface area (Å²) >= 11 is 0. The van der Waals surface area contributed by atoms with E-state index in [1.54, 1.807) is 29.2 Å². The second kappa shape index (κ2) is 8.37. The lowest BCUT2D eigenvalue weighted by molar-refractivity contribution is -0.139. The highest BCUT2D eigenvalue weighted by Crippen LogP contribution is 2.39. The Bertz CT molecular complexity index is 1090. The number of amides is 1. The Morgan fingerprint density at radius 3 is 2.10 bits per heavy atom. The van der Waals surface area contributed by atoms with E-state index in [0.29, 0.717) is 18.5 Å². The summed E-state index contributed by atoms with van der Waals surface area (Å²) in [5, 5.41) is 11.0. The third-order valence-electron chi connectivity index (χ3n) is 5.46. The fourth-order valence-electron chi connectivity index (χ4n) is 3.85. The van der Waals surface area contributed by atoms with Crippen molar-refractivity contribution in [2.24, 2.45) is 0 Å². The van der Waals surface area contributed by atoms with Crippen LogP contribution in [0.3, 0.4) is 0 Å². The predicted molar refractivity (Wildman–Crippen MR) is 117 cm³/mol. The summed E-state index contributed by atoms with van der Waals surface area (Å²) < 4.78 is 0. The van der Waals surface area contributed by atoms with Crippen LogP contribution in [0.4, 0.5) is 0 Å². The molecule has 0 unspecified atom stereocenters. The van der Waals surface area contributed by atoms with Crippen LogP contribution < -0.4 is 0 Å². The molecule has 0 aliphatic carbocycles. The van der Waals surface area contributed by atoms with Gasteiger partial charge in [0.25, 0.3) is 11.7 Å². The Balaban J connectivity index is 1.78. The molecule has 3 aromatic carbocycles. The summed E-state index contributed by atoms with van der Waals surface area (Å²) in [7, 11) is 0. The van der Waals surface area contributed by atoms with Gasteiger partial charge in [0, 0.05) is 12.1 Å². The van der Waals surface area contributed by atoms with Crippen molar-refractivity contribution in [2.45, 2.75) is 19.4 Å². The molecular formula is C26H23NO3. The molecule has 4 rings (SSSR count). The summed E-state index contributed by atoms with van der Waals surface area (Å²) in [5.74, 6) is -1.36. The number of aryl methyl sites for hydroxylation is 1. The molecule has 1 fully saturated rings. The van der Waals surface area contributed by atoms with Crippen molar-refractivity contribution in [3.05, 3.63) is 113 Å². The number of hydrogen-bond donors (Lipinski definition) is 1. The van der Waals surface area contributed by atoms with Crippen molar-refractivity contribution in [2.75, 3.05) is 6.54 Å². The summed E-state index contributed by atoms with van der Waals surface area (Å²) in [4.78, 5) is 27.5. The SMILES string of the molecule is Cc1ccc([C@@H]2/C(=C(\O)c3ccccc3)C(=O)C(=O)N2CCc2ccccc2)cc1. The van der Waals surface area contributed by atoms with E-state index < -0.39 is 17.7 Å². The highest BCUT2D eigenvalue weighted by molar-refractivity contribution is 6.46. The minimum absolute atomic E-state index is 0.137. The number of aliphatic hydroxyl groups is 1. The number of likely N-dealkylation sites (tertiary alicyclic amines) is 1. The maximum Gasteiger partial charge on any atom is 0.295 e. The van der Waals surface area contributed by atoms with Gasteiger partial charge in [-0.15, -0.1) is 0 Å². The van der Waals surface area contributed by atoms with Gasteiger partial charge >= 0.3 is 0 Å². The maximum atomic E-state index is 13.0. The number of ketones is 1. The molecule has 0 radical (unpaired) electrons. The third-order valence-corrected chi connectivity index (χ3v) is 5.46. The van der Waals surface area contributed by atoms with Crippen molar-refractivity contribution in [3.63, 3.8) is 0 Å². The first-order chi connectivity index (χ1) is 14.6. The standard InChI is InChI=1S/C26H23NO3/c1-18-12-14-20(15-13-18)23-22(24(28)21-10-6-3-7-11-21)25(29)26(30)27(23)17-16-19-8-4-2-5-9-19/h2-15,23,28H,16-17H2,1H3/b24-22+/t23-/m1/s1. The first kappa shape index (κ1) is 19.6. The molecule has 3 aromatic rings. The van der Waals surface area contributed by atoms with Gasteiger partial charge in [-0.3, -0.25) is 9.59 Å². The van der Waals surface area contributed by atoms with E-state index >= 15 is 0 Å². The largest absolute Gasteiger partial charge is 0.507 e. The molecule has 0 spiro atoms. The molecule has 1 saturated heterocycles. The van der Waals surface area contributed by atoms with Crippen molar-refractivity contribution >= 4 is 17.4 Å². The Hall–Kier alpha value is -3.66. The van der Waals surface area contributed by atoms with Crippen LogP contribution in [0, 0.1) is 6.92 Å². The molecule has 1 amide bonds. The zero-order valence-corrected chi connectivity index (χ0v) is 16.8. The molecule has 1 aliphatic heterocycles. The summed E-state index contributed by atoms with van der Waals surface area (Å²) in [6.07, 6.45) is 0.627. The van der Waals surface area contributed by atoms with Gasteiger partial charge < -0.3 is 10.0 Å². The predicted octanol–water partition coefficient (Wildman–Crippen LogP) is 4.66. The molecule has 4 heteroatoms. The summed E-state index contributed by atoms with van der Waals surface area (Å²) in [5.41, 5.74) is 3.65. The average Bonchev–Trinajstić information content (AvgIpc) is 3.04. The average molecular weight is 397 g/mol. The summed E-state index contributed by atoms with van der Waals surface area (Å²) in [6.45, 7) is 2.37. The molecule has 1 aliphatic rings. The monoisotopic (exact) mass is 397 g/mol. The Kier molecular flexibility index (Phi) is 5.48. The van der Waals surface area contributed by atoms with Crippen LogP contribution in [0.1, 0.15) is 28.3 Å². The Morgan fingerprint density at radius 2 is 1.47 bits per heavy atom. The van der Waals surface area contributed by atoms with Crippen molar-refractivity contribution in [3.8, 4) is 0 Å². The maximum absolute atomic E-state index is 13.0. The van der Waals surface area contributed by atoms with Crippen LogP contribution in [-0.4, -0.2) is 28.2 Å². The van der Waals surface area contributed by atoms with Gasteiger partial charge in [-0.25, -0.2) is 0 Å². The second-order valence-corrected chi connectivity index (χ2v) is 7.50. The quantitative estimate of drug-likeness (QED) is 0.387. The number of rotatable bonds is 5. The minimum atomic E-state index is -0.644. The molecule has 1 atom stereocenters. The summed E-state index contributed by atoms with van der Waals surface area (Å²) in [6, 6.07) is 25.9. The molecule has 30 heavy (non-hydrogen) atoms. The molecular weight excluding hydrogens is 374 g/mol. The molecule has 0 aromatic heterocycles. The van der Waals surface area contributed by atoms with Crippen molar-refractivity contribution < 1.29 is 14.7 Å². The first-order valence-corrected chi connectivity index (χ1v) is 10.0. The highest BCUT2D eigenvalue weighted by atomic mass is 16.3. The van der Waals surface area contributed by atoms with E-state index in [1.807, 2.05) is 67.6 Å². The van der Waals surface area contributed by atoms with Gasteiger partial charge in [0.2, 0.25) is 0 Å². The molecule has 1 heterocycles. The first-order valence-electron chi connectivity index (χ1n) is 10.0. The molecule has 4 nitrogen and oxygen atoms in total. The van der Waals surface area contributed by atoms with Gasteiger partial charge in [-0.05, 0) is 24.5 Å². The molecule has 150 valence electrons. The number of Topliss-reactive ketones (excluding diaryl/α,β-unsaturated/α-hetero) is 1. The molecule has 0 bridgehead atoms. The lowest BCUT2D eigenvalue weighted by atomic mass is 9.94. The fraction of sp³-hybridized carbons (Fsp3) is 0.154. The van der Waals surface area contributed by atoms with Gasteiger partial charge in [-0.2, -0.15) is 0 Å².